The number of nitrogens with zero attached hydrogens (tertiary/aromatic N) is 6. The predicted octanol–water partition coefficient (Wildman–Crippen LogP) is 21.4. The fourth-order valence-electron chi connectivity index (χ4n) is 14.7. The van der Waals surface area contributed by atoms with Gasteiger partial charge in [0.2, 0.25) is 0 Å². The van der Waals surface area contributed by atoms with Gasteiger partial charge >= 0.3 is 6.18 Å². The standard InChI is InChI=1S/C88H56BF3N6/c90-88(91,92)75-47-46-71(56-74(75)87-94-85(63-29-15-5-16-30-63)93-86(95-87)64-31-17-6-18-32-64)98-78-34-20-19-33-72(78)73-51-65(39-48-79(73)98)68-54-82-84-83(55-68)97(70-44-37-62(38-45-70)58-23-9-2-10-24-58)81-50-41-67(60-27-13-4-14-28-60)53-77(81)89(84)76-52-66(59-25-11-3-12-26-59)40-49-80(76)96(82)69-42-35-61(36-43-69)57-21-7-1-8-22-57/h1-56H. The van der Waals surface area contributed by atoms with Gasteiger partial charge in [0.25, 0.3) is 6.71 Å². The lowest BCUT2D eigenvalue weighted by molar-refractivity contribution is -0.137. The number of halogens is 3. The van der Waals surface area contributed by atoms with Crippen LogP contribution in [0.1, 0.15) is 5.56 Å². The molecule has 0 radical (unpaired) electrons. The maximum Gasteiger partial charge on any atom is 0.417 e. The molecule has 2 aliphatic rings. The Morgan fingerprint density at radius 1 is 0.265 bits per heavy atom. The summed E-state index contributed by atoms with van der Waals surface area (Å²) in [5.41, 5.74) is 23.3. The fourth-order valence-corrected chi connectivity index (χ4v) is 14.7. The van der Waals surface area contributed by atoms with E-state index >= 15 is 13.2 Å². The van der Waals surface area contributed by atoms with Gasteiger partial charge in [-0.1, -0.05) is 255 Å². The van der Waals surface area contributed by atoms with Crippen molar-refractivity contribution in [1.82, 2.24) is 19.5 Å². The minimum atomic E-state index is -4.74. The van der Waals surface area contributed by atoms with E-state index in [2.05, 4.69) is 245 Å². The molecule has 462 valence electrons. The second-order valence-electron chi connectivity index (χ2n) is 25.0. The molecule has 10 heteroatoms. The van der Waals surface area contributed by atoms with Crippen LogP contribution in [0.3, 0.4) is 0 Å². The van der Waals surface area contributed by atoms with Crippen LogP contribution in [0.25, 0.3) is 117 Å². The molecule has 0 spiro atoms. The second kappa shape index (κ2) is 23.7. The second-order valence-corrected chi connectivity index (χ2v) is 25.0. The zero-order valence-electron chi connectivity index (χ0n) is 52.7. The highest BCUT2D eigenvalue weighted by Gasteiger charge is 2.44. The van der Waals surface area contributed by atoms with Crippen LogP contribution in [0.5, 0.6) is 0 Å². The van der Waals surface area contributed by atoms with Gasteiger partial charge in [-0.15, -0.1) is 0 Å². The van der Waals surface area contributed by atoms with E-state index in [1.165, 1.54) is 16.4 Å². The number of fused-ring (bicyclic) bond motifs is 7. The summed E-state index contributed by atoms with van der Waals surface area (Å²) in [7, 11) is 0. The Bertz CT molecular complexity index is 5460. The first kappa shape index (κ1) is 58.0. The Morgan fingerprint density at radius 3 is 1.10 bits per heavy atom. The van der Waals surface area contributed by atoms with E-state index in [-0.39, 0.29) is 29.7 Å². The Morgan fingerprint density at radius 2 is 0.633 bits per heavy atom. The maximum atomic E-state index is 15.6. The van der Waals surface area contributed by atoms with Gasteiger partial charge in [0.05, 0.1) is 16.6 Å². The van der Waals surface area contributed by atoms with E-state index in [9.17, 15) is 0 Å². The van der Waals surface area contributed by atoms with Gasteiger partial charge < -0.3 is 14.4 Å². The molecule has 0 unspecified atom stereocenters. The lowest BCUT2D eigenvalue weighted by atomic mass is 9.33. The molecule has 4 heterocycles. The molecule has 16 aromatic rings. The summed E-state index contributed by atoms with van der Waals surface area (Å²) >= 11 is 0. The Labute approximate surface area is 565 Å². The van der Waals surface area contributed by atoms with E-state index in [4.69, 9.17) is 15.0 Å². The molecule has 0 N–H and O–H groups in total. The Hall–Kier alpha value is -12.7. The molecule has 0 saturated carbocycles. The van der Waals surface area contributed by atoms with Crippen molar-refractivity contribution in [2.45, 2.75) is 6.18 Å². The number of alkyl halides is 3. The zero-order valence-corrected chi connectivity index (χ0v) is 52.7. The minimum absolute atomic E-state index is 0.0885. The Balaban J connectivity index is 0.868. The normalized spacial score (nSPS) is 12.4. The highest BCUT2D eigenvalue weighted by molar-refractivity contribution is 7.00. The van der Waals surface area contributed by atoms with Crippen LogP contribution in [0, 0.1) is 0 Å². The minimum Gasteiger partial charge on any atom is -0.311 e. The van der Waals surface area contributed by atoms with Crippen molar-refractivity contribution in [3.05, 3.63) is 345 Å². The number of anilines is 6. The van der Waals surface area contributed by atoms with Gasteiger partial charge in [0, 0.05) is 67.3 Å². The molecule has 0 amide bonds. The molecule has 2 aromatic heterocycles. The SMILES string of the molecule is FC(F)(F)c1ccc(-n2c3ccccc3c3cc(-c4cc5c6c(c4)N(c4ccc(-c7ccccc7)cc4)c4ccc(-c7ccccc7)cc4B6c4cc(-c6ccccc6)ccc4N5c4ccc(-c5ccccc5)cc4)ccc32)cc1-c1nc(-c2ccccc2)nc(-c2ccccc2)n1. The topological polar surface area (TPSA) is 50.1 Å². The predicted molar refractivity (Wildman–Crippen MR) is 397 cm³/mol. The molecule has 14 aromatic carbocycles. The first-order valence-electron chi connectivity index (χ1n) is 32.8. The monoisotopic (exact) mass is 1260 g/mol. The summed E-state index contributed by atoms with van der Waals surface area (Å²) in [6, 6.07) is 116. The van der Waals surface area contributed by atoms with Crippen LogP contribution in [0.2, 0.25) is 0 Å². The number of hydrogen-bond acceptors (Lipinski definition) is 5. The third-order valence-corrected chi connectivity index (χ3v) is 19.3. The molecular formula is C88H56BF3N6. The third-order valence-electron chi connectivity index (χ3n) is 19.3. The molecule has 0 saturated heterocycles. The lowest BCUT2D eigenvalue weighted by Gasteiger charge is -2.44. The molecule has 98 heavy (non-hydrogen) atoms. The molecule has 0 atom stereocenters. The lowest BCUT2D eigenvalue weighted by Crippen LogP contribution is -2.61. The molecule has 2 aliphatic heterocycles. The molecule has 6 nitrogen and oxygen atoms in total. The van der Waals surface area contributed by atoms with Crippen molar-refractivity contribution in [2.75, 3.05) is 9.80 Å². The van der Waals surface area contributed by atoms with Crippen molar-refractivity contribution < 1.29 is 13.2 Å². The van der Waals surface area contributed by atoms with E-state index in [1.54, 1.807) is 12.1 Å². The number of para-hydroxylation sites is 1. The van der Waals surface area contributed by atoms with Crippen LogP contribution in [-0.2, 0) is 6.18 Å². The number of aromatic nitrogens is 4. The van der Waals surface area contributed by atoms with Gasteiger partial charge in [-0.2, -0.15) is 13.2 Å². The van der Waals surface area contributed by atoms with Crippen LogP contribution in [-0.4, -0.2) is 26.2 Å². The van der Waals surface area contributed by atoms with Crippen molar-refractivity contribution in [3.63, 3.8) is 0 Å². The van der Waals surface area contributed by atoms with Gasteiger partial charge in [0.1, 0.15) is 0 Å². The van der Waals surface area contributed by atoms with Gasteiger partial charge in [-0.3, -0.25) is 0 Å². The van der Waals surface area contributed by atoms with E-state index < -0.39 is 11.7 Å². The quantitative estimate of drug-likeness (QED) is 0.121. The van der Waals surface area contributed by atoms with Crippen molar-refractivity contribution >= 4 is 79.0 Å². The first-order valence-corrected chi connectivity index (χ1v) is 32.8. The highest BCUT2D eigenvalue weighted by atomic mass is 19.4. The van der Waals surface area contributed by atoms with Crippen LogP contribution in [0.15, 0.2) is 340 Å². The smallest absolute Gasteiger partial charge is 0.311 e. The fraction of sp³-hybridized carbons (Fsp3) is 0.0114. The molecular weight excluding hydrogens is 1210 g/mol. The van der Waals surface area contributed by atoms with Crippen LogP contribution < -0.4 is 26.2 Å². The molecule has 18 rings (SSSR count). The summed E-state index contributed by atoms with van der Waals surface area (Å²) in [6.07, 6.45) is -4.74. The summed E-state index contributed by atoms with van der Waals surface area (Å²) in [6.45, 7) is -0.215. The Kier molecular flexibility index (Phi) is 14.0. The first-order chi connectivity index (χ1) is 48.2. The average Bonchev–Trinajstić information content (AvgIpc) is 0.797. The summed E-state index contributed by atoms with van der Waals surface area (Å²) in [5.74, 6) is 0.440. The van der Waals surface area contributed by atoms with Crippen molar-refractivity contribution in [1.29, 1.82) is 0 Å². The zero-order chi connectivity index (χ0) is 65.4. The third kappa shape index (κ3) is 10.1. The largest absolute Gasteiger partial charge is 0.417 e. The maximum absolute atomic E-state index is 15.6. The van der Waals surface area contributed by atoms with Crippen LogP contribution >= 0.6 is 0 Å². The average molecular weight is 1270 g/mol. The highest BCUT2D eigenvalue weighted by Crippen LogP contribution is 2.49. The summed E-state index contributed by atoms with van der Waals surface area (Å²) < 4.78 is 48.8. The van der Waals surface area contributed by atoms with Gasteiger partial charge in [-0.25, -0.2) is 15.0 Å². The summed E-state index contributed by atoms with van der Waals surface area (Å²) in [4.78, 5) is 19.4. The number of benzene rings is 14. The van der Waals surface area contributed by atoms with E-state index in [1.807, 2.05) is 91.0 Å². The van der Waals surface area contributed by atoms with E-state index in [0.29, 0.717) is 16.8 Å². The van der Waals surface area contributed by atoms with Gasteiger partial charge in [0.15, 0.2) is 17.5 Å². The van der Waals surface area contributed by atoms with Crippen molar-refractivity contribution in [3.8, 4) is 95.5 Å². The van der Waals surface area contributed by atoms with Gasteiger partial charge in [-0.05, 0) is 157 Å². The number of hydrogen-bond donors (Lipinski definition) is 0. The summed E-state index contributed by atoms with van der Waals surface area (Å²) in [5, 5.41) is 1.87. The molecule has 0 fully saturated rings. The molecule has 0 aliphatic carbocycles. The van der Waals surface area contributed by atoms with Crippen molar-refractivity contribution in [2.24, 2.45) is 0 Å². The van der Waals surface area contributed by atoms with E-state index in [0.717, 1.165) is 118 Å². The number of rotatable bonds is 11. The molecule has 0 bridgehead atoms. The van der Waals surface area contributed by atoms with Crippen LogP contribution in [0.4, 0.5) is 47.3 Å².